The molecule has 0 aliphatic heterocycles. The fraction of sp³-hybridized carbons (Fsp3) is 0.833. The molecule has 0 aliphatic carbocycles. The van der Waals surface area contributed by atoms with E-state index in [2.05, 4.69) is 49.4 Å². The van der Waals surface area contributed by atoms with Crippen molar-refractivity contribution in [1.29, 1.82) is 0 Å². The van der Waals surface area contributed by atoms with Gasteiger partial charge in [0.15, 0.2) is 0 Å². The van der Waals surface area contributed by atoms with Crippen LogP contribution in [0.5, 0.6) is 0 Å². The van der Waals surface area contributed by atoms with E-state index < -0.39 is 0 Å². The summed E-state index contributed by atoms with van der Waals surface area (Å²) in [6, 6.07) is 0.388. The van der Waals surface area contributed by atoms with Crippen LogP contribution in [-0.2, 0) is 0 Å². The highest BCUT2D eigenvalue weighted by molar-refractivity contribution is 5.00. The number of hydrogen-bond donors (Lipinski definition) is 1. The first kappa shape index (κ1) is 13.2. The van der Waals surface area contributed by atoms with Gasteiger partial charge in [0.25, 0.3) is 0 Å². The van der Waals surface area contributed by atoms with Crippen LogP contribution >= 0.6 is 0 Å². The van der Waals surface area contributed by atoms with E-state index in [9.17, 15) is 0 Å². The zero-order valence-electron chi connectivity index (χ0n) is 11.1. The van der Waals surface area contributed by atoms with Crippen molar-refractivity contribution in [3.8, 4) is 0 Å². The van der Waals surface area contributed by atoms with Crippen molar-refractivity contribution in [1.82, 2.24) is 14.8 Å². The Balaban J connectivity index is 2.91. The van der Waals surface area contributed by atoms with Crippen LogP contribution in [0.2, 0.25) is 0 Å². The van der Waals surface area contributed by atoms with Gasteiger partial charge in [-0.2, -0.15) is 0 Å². The van der Waals surface area contributed by atoms with E-state index in [1.807, 2.05) is 0 Å². The van der Waals surface area contributed by atoms with Gasteiger partial charge in [-0.25, -0.2) is 0 Å². The van der Waals surface area contributed by atoms with Gasteiger partial charge in [0, 0.05) is 18.5 Å². The Kier molecular flexibility index (Phi) is 4.08. The predicted octanol–water partition coefficient (Wildman–Crippen LogP) is 2.34. The molecule has 16 heavy (non-hydrogen) atoms. The summed E-state index contributed by atoms with van der Waals surface area (Å²) in [4.78, 5) is 0. The first-order valence-electron chi connectivity index (χ1n) is 5.94. The lowest BCUT2D eigenvalue weighted by Crippen LogP contribution is -2.23. The minimum Gasteiger partial charge on any atom is -0.330 e. The van der Waals surface area contributed by atoms with E-state index >= 15 is 0 Å². The number of nitrogens with zero attached hydrogens (tertiary/aromatic N) is 3. The Bertz CT molecular complexity index is 322. The molecule has 92 valence electrons. The molecule has 4 heteroatoms. The molecule has 0 radical (unpaired) electrons. The smallest absolute Gasteiger partial charge is 0.137 e. The molecule has 2 N–H and O–H groups in total. The van der Waals surface area contributed by atoms with E-state index in [0.717, 1.165) is 12.2 Å². The molecule has 0 aromatic carbocycles. The highest BCUT2D eigenvalue weighted by Crippen LogP contribution is 2.30. The first-order valence-corrected chi connectivity index (χ1v) is 5.94. The summed E-state index contributed by atoms with van der Waals surface area (Å²) in [5.74, 6) is 1.32. The molecule has 0 saturated heterocycles. The van der Waals surface area contributed by atoms with Crippen LogP contribution in [0, 0.1) is 5.41 Å². The Hall–Kier alpha value is -0.900. The second-order valence-corrected chi connectivity index (χ2v) is 5.89. The lowest BCUT2D eigenvalue weighted by Gasteiger charge is -2.25. The minimum absolute atomic E-state index is 0.262. The maximum atomic E-state index is 5.86. The number of rotatable bonds is 4. The topological polar surface area (TPSA) is 56.7 Å². The molecular weight excluding hydrogens is 200 g/mol. The van der Waals surface area contributed by atoms with Crippen LogP contribution in [0.4, 0.5) is 0 Å². The van der Waals surface area contributed by atoms with Crippen molar-refractivity contribution >= 4 is 0 Å². The van der Waals surface area contributed by atoms with Crippen molar-refractivity contribution in [3.63, 3.8) is 0 Å². The SMILES string of the molecule is CC(C)n1cnnc1C(CN)CC(C)(C)C. The first-order chi connectivity index (χ1) is 7.35. The molecule has 1 rings (SSSR count). The molecule has 4 nitrogen and oxygen atoms in total. The molecule has 0 aliphatic rings. The van der Waals surface area contributed by atoms with Gasteiger partial charge in [-0.15, -0.1) is 10.2 Å². The Morgan fingerprint density at radius 2 is 2.00 bits per heavy atom. The highest BCUT2D eigenvalue weighted by Gasteiger charge is 2.23. The largest absolute Gasteiger partial charge is 0.330 e. The van der Waals surface area contributed by atoms with E-state index in [0.29, 0.717) is 18.5 Å². The maximum absolute atomic E-state index is 5.86. The molecule has 1 unspecified atom stereocenters. The van der Waals surface area contributed by atoms with Crippen LogP contribution in [-0.4, -0.2) is 21.3 Å². The summed E-state index contributed by atoms with van der Waals surface area (Å²) in [5, 5.41) is 8.23. The van der Waals surface area contributed by atoms with Crippen molar-refractivity contribution < 1.29 is 0 Å². The van der Waals surface area contributed by atoms with Crippen molar-refractivity contribution in [3.05, 3.63) is 12.2 Å². The average molecular weight is 224 g/mol. The van der Waals surface area contributed by atoms with Gasteiger partial charge in [-0.1, -0.05) is 20.8 Å². The van der Waals surface area contributed by atoms with Crippen molar-refractivity contribution in [2.45, 2.75) is 53.0 Å². The van der Waals surface area contributed by atoms with Crippen molar-refractivity contribution in [2.24, 2.45) is 11.1 Å². The second-order valence-electron chi connectivity index (χ2n) is 5.89. The molecule has 0 bridgehead atoms. The fourth-order valence-corrected chi connectivity index (χ4v) is 1.96. The summed E-state index contributed by atoms with van der Waals surface area (Å²) >= 11 is 0. The van der Waals surface area contributed by atoms with E-state index in [1.54, 1.807) is 6.33 Å². The molecule has 1 aromatic rings. The summed E-state index contributed by atoms with van der Waals surface area (Å²) in [7, 11) is 0. The lowest BCUT2D eigenvalue weighted by atomic mass is 9.84. The third-order valence-corrected chi connectivity index (χ3v) is 2.67. The molecular formula is C12H24N4. The molecule has 1 atom stereocenters. The van der Waals surface area contributed by atoms with Crippen LogP contribution < -0.4 is 5.73 Å². The van der Waals surface area contributed by atoms with Crippen LogP contribution in [0.15, 0.2) is 6.33 Å². The predicted molar refractivity (Wildman–Crippen MR) is 66.3 cm³/mol. The van der Waals surface area contributed by atoms with E-state index in [1.165, 1.54) is 0 Å². The molecule has 0 amide bonds. The molecule has 1 heterocycles. The van der Waals surface area contributed by atoms with Crippen molar-refractivity contribution in [2.75, 3.05) is 6.54 Å². The zero-order valence-corrected chi connectivity index (χ0v) is 11.1. The van der Waals surface area contributed by atoms with Gasteiger partial charge in [0.2, 0.25) is 0 Å². The normalized spacial score (nSPS) is 14.4. The van der Waals surface area contributed by atoms with Gasteiger partial charge in [-0.05, 0) is 25.7 Å². The van der Waals surface area contributed by atoms with Gasteiger partial charge in [0.05, 0.1) is 0 Å². The Labute approximate surface area is 98.2 Å². The van der Waals surface area contributed by atoms with Crippen LogP contribution in [0.25, 0.3) is 0 Å². The van der Waals surface area contributed by atoms with Gasteiger partial charge in [0.1, 0.15) is 12.2 Å². The third-order valence-electron chi connectivity index (χ3n) is 2.67. The summed E-state index contributed by atoms with van der Waals surface area (Å²) in [6.07, 6.45) is 2.83. The molecule has 0 fully saturated rings. The second kappa shape index (κ2) is 4.95. The standard InChI is InChI=1S/C12H24N4/c1-9(2)16-8-14-15-11(16)10(7-13)6-12(3,4)5/h8-10H,6-7,13H2,1-5H3. The summed E-state index contributed by atoms with van der Waals surface area (Å²) in [6.45, 7) is 11.6. The minimum atomic E-state index is 0.262. The molecule has 1 aromatic heterocycles. The highest BCUT2D eigenvalue weighted by atomic mass is 15.3. The number of hydrogen-bond acceptors (Lipinski definition) is 3. The van der Waals surface area contributed by atoms with E-state index in [4.69, 9.17) is 5.73 Å². The van der Waals surface area contributed by atoms with Crippen LogP contribution in [0.1, 0.15) is 58.8 Å². The number of aromatic nitrogens is 3. The summed E-state index contributed by atoms with van der Waals surface area (Å²) < 4.78 is 2.11. The average Bonchev–Trinajstić information content (AvgIpc) is 2.60. The zero-order chi connectivity index (χ0) is 12.3. The number of nitrogens with two attached hydrogens (primary N) is 1. The molecule has 0 spiro atoms. The quantitative estimate of drug-likeness (QED) is 0.854. The lowest BCUT2D eigenvalue weighted by molar-refractivity contribution is 0.328. The van der Waals surface area contributed by atoms with E-state index in [-0.39, 0.29) is 5.41 Å². The van der Waals surface area contributed by atoms with Gasteiger partial charge >= 0.3 is 0 Å². The maximum Gasteiger partial charge on any atom is 0.137 e. The van der Waals surface area contributed by atoms with Crippen LogP contribution in [0.3, 0.4) is 0 Å². The third kappa shape index (κ3) is 3.30. The molecule has 0 saturated carbocycles. The summed E-state index contributed by atoms with van der Waals surface area (Å²) in [5.41, 5.74) is 6.12. The fourth-order valence-electron chi connectivity index (χ4n) is 1.96. The van der Waals surface area contributed by atoms with Gasteiger partial charge in [-0.3, -0.25) is 0 Å². The van der Waals surface area contributed by atoms with Gasteiger partial charge < -0.3 is 10.3 Å². The Morgan fingerprint density at radius 1 is 1.38 bits per heavy atom. The monoisotopic (exact) mass is 224 g/mol. The Morgan fingerprint density at radius 3 is 2.44 bits per heavy atom.